The minimum Gasteiger partial charge on any atom is -0.493 e. The van der Waals surface area contributed by atoms with E-state index in [2.05, 4.69) is 5.32 Å². The number of thiophene rings is 1. The lowest BCUT2D eigenvalue weighted by Gasteiger charge is -2.22. The van der Waals surface area contributed by atoms with Crippen LogP contribution in [0.4, 0.5) is 5.00 Å². The number of aliphatic hydroxyl groups is 1. The van der Waals surface area contributed by atoms with Gasteiger partial charge in [0, 0.05) is 22.9 Å². The average molecular weight is 348 g/mol. The van der Waals surface area contributed by atoms with E-state index in [0.29, 0.717) is 22.7 Å². The molecule has 1 aliphatic carbocycles. The van der Waals surface area contributed by atoms with Gasteiger partial charge in [0.2, 0.25) is 5.91 Å². The number of hydrogen-bond donors (Lipinski definition) is 3. The number of benzene rings is 1. The topological polar surface area (TPSA) is 93.8 Å². The van der Waals surface area contributed by atoms with Crippen molar-refractivity contribution in [1.82, 2.24) is 0 Å². The van der Waals surface area contributed by atoms with Crippen LogP contribution in [0.1, 0.15) is 29.8 Å². The largest absolute Gasteiger partial charge is 0.493 e. The van der Waals surface area contributed by atoms with Crippen LogP contribution < -0.4 is 20.5 Å². The molecule has 1 amide bonds. The Morgan fingerprint density at radius 3 is 2.58 bits per heavy atom. The van der Waals surface area contributed by atoms with Gasteiger partial charge in [0.25, 0.3) is 0 Å². The van der Waals surface area contributed by atoms with Crippen LogP contribution in [0.3, 0.4) is 0 Å². The first-order chi connectivity index (χ1) is 11.5. The fourth-order valence-corrected chi connectivity index (χ4v) is 4.60. The van der Waals surface area contributed by atoms with Gasteiger partial charge in [-0.15, -0.1) is 11.3 Å². The maximum Gasteiger partial charge on any atom is 0.221 e. The van der Waals surface area contributed by atoms with Gasteiger partial charge in [-0.3, -0.25) is 4.79 Å². The van der Waals surface area contributed by atoms with E-state index in [0.717, 1.165) is 33.7 Å². The number of methoxy groups -OCH3 is 2. The molecule has 24 heavy (non-hydrogen) atoms. The number of nitrogens with one attached hydrogen (secondary N) is 1. The lowest BCUT2D eigenvalue weighted by Crippen LogP contribution is -2.15. The number of nitrogens with two attached hydrogens (primary N) is 1. The standard InChI is InChI=1S/C17H20N2O4S/c1-8(20)19-17-13(16(18)21)11-5-4-9-10(15(11)24-17)6-7-12(22-2)14(9)23-3/h6-7,16,21H,4-5,18H2,1-3H3,(H,19,20). The molecule has 1 heterocycles. The summed E-state index contributed by atoms with van der Waals surface area (Å²) in [6.07, 6.45) is 0.332. The Morgan fingerprint density at radius 2 is 2.00 bits per heavy atom. The van der Waals surface area contributed by atoms with E-state index in [1.165, 1.54) is 18.3 Å². The molecule has 7 heteroatoms. The highest BCUT2D eigenvalue weighted by Crippen LogP contribution is 2.50. The number of carbonyl (C=O) groups is 1. The van der Waals surface area contributed by atoms with E-state index < -0.39 is 6.23 Å². The highest BCUT2D eigenvalue weighted by molar-refractivity contribution is 7.20. The van der Waals surface area contributed by atoms with Crippen LogP contribution in [0, 0.1) is 0 Å². The Bertz CT molecular complexity index is 798. The molecule has 0 fully saturated rings. The second kappa shape index (κ2) is 6.43. The number of aliphatic hydroxyl groups excluding tert-OH is 1. The maximum absolute atomic E-state index is 11.5. The molecule has 6 nitrogen and oxygen atoms in total. The van der Waals surface area contributed by atoms with E-state index in [1.807, 2.05) is 12.1 Å². The minimum atomic E-state index is -1.13. The van der Waals surface area contributed by atoms with Gasteiger partial charge in [-0.2, -0.15) is 0 Å². The van der Waals surface area contributed by atoms with Gasteiger partial charge in [0.1, 0.15) is 11.2 Å². The average Bonchev–Trinajstić information content (AvgIpc) is 2.90. The van der Waals surface area contributed by atoms with Crippen molar-refractivity contribution in [3.05, 3.63) is 28.8 Å². The number of hydrogen-bond acceptors (Lipinski definition) is 6. The summed E-state index contributed by atoms with van der Waals surface area (Å²) < 4.78 is 10.9. The number of amides is 1. The molecule has 128 valence electrons. The highest BCUT2D eigenvalue weighted by Gasteiger charge is 2.29. The fraction of sp³-hybridized carbons (Fsp3) is 0.353. The Hall–Kier alpha value is -2.09. The fourth-order valence-electron chi connectivity index (χ4n) is 3.21. The van der Waals surface area contributed by atoms with Crippen LogP contribution in [0.2, 0.25) is 0 Å². The predicted octanol–water partition coefficient (Wildman–Crippen LogP) is 2.44. The molecule has 1 aliphatic rings. The third-order valence-corrected chi connectivity index (χ3v) is 5.35. The zero-order chi connectivity index (χ0) is 17.4. The monoisotopic (exact) mass is 348 g/mol. The molecule has 0 saturated carbocycles. The Balaban J connectivity index is 2.21. The number of rotatable bonds is 4. The Morgan fingerprint density at radius 1 is 1.29 bits per heavy atom. The van der Waals surface area contributed by atoms with E-state index in [9.17, 15) is 9.90 Å². The third-order valence-electron chi connectivity index (χ3n) is 4.15. The number of anilines is 1. The summed E-state index contributed by atoms with van der Waals surface area (Å²) in [4.78, 5) is 12.5. The molecule has 0 aliphatic heterocycles. The molecule has 1 atom stereocenters. The SMILES string of the molecule is COc1ccc2c(c1OC)CCc1c-2sc(NC(C)=O)c1C(N)O. The molecule has 1 aromatic carbocycles. The zero-order valence-electron chi connectivity index (χ0n) is 13.8. The number of carbonyl (C=O) groups excluding carboxylic acids is 1. The summed E-state index contributed by atoms with van der Waals surface area (Å²) in [5.41, 5.74) is 9.43. The van der Waals surface area contributed by atoms with Gasteiger partial charge < -0.3 is 25.6 Å². The lowest BCUT2D eigenvalue weighted by atomic mass is 9.88. The van der Waals surface area contributed by atoms with Gasteiger partial charge in [0.05, 0.1) is 14.2 Å². The summed E-state index contributed by atoms with van der Waals surface area (Å²) in [6.45, 7) is 1.44. The molecule has 0 saturated heterocycles. The van der Waals surface area contributed by atoms with Crippen molar-refractivity contribution in [1.29, 1.82) is 0 Å². The maximum atomic E-state index is 11.5. The summed E-state index contributed by atoms with van der Waals surface area (Å²) in [6, 6.07) is 3.85. The first kappa shape index (κ1) is 16.8. The van der Waals surface area contributed by atoms with Crippen molar-refractivity contribution in [2.24, 2.45) is 5.73 Å². The van der Waals surface area contributed by atoms with E-state index in [-0.39, 0.29) is 5.91 Å². The normalized spacial score (nSPS) is 13.7. The van der Waals surface area contributed by atoms with Crippen LogP contribution >= 0.6 is 11.3 Å². The molecular weight excluding hydrogens is 328 g/mol. The van der Waals surface area contributed by atoms with Gasteiger partial charge in [-0.05, 0) is 36.1 Å². The van der Waals surface area contributed by atoms with Crippen molar-refractivity contribution in [2.75, 3.05) is 19.5 Å². The van der Waals surface area contributed by atoms with E-state index in [4.69, 9.17) is 15.2 Å². The molecular formula is C17H20N2O4S. The highest BCUT2D eigenvalue weighted by atomic mass is 32.1. The molecule has 1 unspecified atom stereocenters. The second-order valence-electron chi connectivity index (χ2n) is 5.61. The molecule has 1 aromatic heterocycles. The van der Waals surface area contributed by atoms with Gasteiger partial charge in [0.15, 0.2) is 11.5 Å². The van der Waals surface area contributed by atoms with Gasteiger partial charge in [-0.25, -0.2) is 0 Å². The smallest absolute Gasteiger partial charge is 0.221 e. The van der Waals surface area contributed by atoms with Gasteiger partial charge in [-0.1, -0.05) is 0 Å². The third kappa shape index (κ3) is 2.64. The van der Waals surface area contributed by atoms with Crippen LogP contribution in [0.5, 0.6) is 11.5 Å². The van der Waals surface area contributed by atoms with E-state index >= 15 is 0 Å². The molecule has 3 rings (SSSR count). The first-order valence-electron chi connectivity index (χ1n) is 7.59. The van der Waals surface area contributed by atoms with E-state index in [1.54, 1.807) is 14.2 Å². The zero-order valence-corrected chi connectivity index (χ0v) is 14.6. The molecule has 4 N–H and O–H groups in total. The molecule has 0 bridgehead atoms. The van der Waals surface area contributed by atoms with Crippen molar-refractivity contribution < 1.29 is 19.4 Å². The summed E-state index contributed by atoms with van der Waals surface area (Å²) in [7, 11) is 3.24. The van der Waals surface area contributed by atoms with Crippen LogP contribution in [-0.4, -0.2) is 25.2 Å². The molecule has 0 radical (unpaired) electrons. The van der Waals surface area contributed by atoms with Crippen LogP contribution in [-0.2, 0) is 17.6 Å². The summed E-state index contributed by atoms with van der Waals surface area (Å²) in [5, 5.41) is 13.4. The lowest BCUT2D eigenvalue weighted by molar-refractivity contribution is -0.114. The number of fused-ring (bicyclic) bond motifs is 3. The Kier molecular flexibility index (Phi) is 4.49. The van der Waals surface area contributed by atoms with Crippen molar-refractivity contribution in [3.63, 3.8) is 0 Å². The Labute approximate surface area is 144 Å². The second-order valence-corrected chi connectivity index (χ2v) is 6.63. The van der Waals surface area contributed by atoms with Crippen LogP contribution in [0.25, 0.3) is 10.4 Å². The minimum absolute atomic E-state index is 0.192. The number of ether oxygens (including phenoxy) is 2. The first-order valence-corrected chi connectivity index (χ1v) is 8.40. The summed E-state index contributed by atoms with van der Waals surface area (Å²) in [5.74, 6) is 1.23. The van der Waals surface area contributed by atoms with Crippen molar-refractivity contribution in [3.8, 4) is 21.9 Å². The molecule has 2 aromatic rings. The quantitative estimate of drug-likeness (QED) is 0.738. The molecule has 0 spiro atoms. The van der Waals surface area contributed by atoms with Crippen molar-refractivity contribution in [2.45, 2.75) is 26.0 Å². The predicted molar refractivity (Wildman–Crippen MR) is 93.7 cm³/mol. The van der Waals surface area contributed by atoms with Gasteiger partial charge >= 0.3 is 0 Å². The summed E-state index contributed by atoms with van der Waals surface area (Å²) >= 11 is 1.43. The van der Waals surface area contributed by atoms with Crippen LogP contribution in [0.15, 0.2) is 12.1 Å². The van der Waals surface area contributed by atoms with Crippen molar-refractivity contribution >= 4 is 22.2 Å².